The van der Waals surface area contributed by atoms with Crippen LogP contribution in [0.3, 0.4) is 0 Å². The van der Waals surface area contributed by atoms with Gasteiger partial charge in [0.25, 0.3) is 11.2 Å². The third kappa shape index (κ3) is 6.81. The lowest BCUT2D eigenvalue weighted by Gasteiger charge is -2.33. The van der Waals surface area contributed by atoms with Gasteiger partial charge in [0.05, 0.1) is 0 Å². The van der Waals surface area contributed by atoms with E-state index in [1.54, 1.807) is 48.5 Å². The van der Waals surface area contributed by atoms with E-state index in [4.69, 9.17) is 18.9 Å². The van der Waals surface area contributed by atoms with E-state index < -0.39 is 58.8 Å². The van der Waals surface area contributed by atoms with Crippen molar-refractivity contribution >= 4 is 11.9 Å². The zero-order valence-corrected chi connectivity index (χ0v) is 26.3. The van der Waals surface area contributed by atoms with Crippen LogP contribution in [-0.2, 0) is 39.7 Å². The zero-order chi connectivity index (χ0) is 35.3. The summed E-state index contributed by atoms with van der Waals surface area (Å²) in [6.07, 6.45) is -12.4. The molecule has 6 nitrogen and oxygen atoms in total. The Kier molecular flexibility index (Phi) is 10.7. The molecular weight excluding hydrogens is 642 g/mol. The predicted molar refractivity (Wildman–Crippen MR) is 163 cm³/mol. The molecule has 4 atom stereocenters. The molecule has 48 heavy (non-hydrogen) atoms. The number of hydrogen-bond acceptors (Lipinski definition) is 6. The zero-order valence-electron chi connectivity index (χ0n) is 26.3. The van der Waals surface area contributed by atoms with Gasteiger partial charge in [0.15, 0.2) is 0 Å². The Morgan fingerprint density at radius 3 is 1.04 bits per heavy atom. The molecule has 0 radical (unpaired) electrons. The minimum atomic E-state index is -5.11. The molecule has 0 spiro atoms. The monoisotopic (exact) mass is 674 g/mol. The van der Waals surface area contributed by atoms with Crippen molar-refractivity contribution in [1.82, 2.24) is 0 Å². The van der Waals surface area contributed by atoms with E-state index in [0.29, 0.717) is 22.3 Å². The number of hydrogen-bond donors (Lipinski definition) is 0. The fourth-order valence-electron chi connectivity index (χ4n) is 5.29. The molecule has 0 saturated heterocycles. The van der Waals surface area contributed by atoms with Gasteiger partial charge in [-0.3, -0.25) is 0 Å². The highest BCUT2D eigenvalue weighted by Crippen LogP contribution is 2.45. The van der Waals surface area contributed by atoms with Crippen LogP contribution in [0.2, 0.25) is 0 Å². The lowest BCUT2D eigenvalue weighted by atomic mass is 9.92. The van der Waals surface area contributed by atoms with E-state index in [-0.39, 0.29) is 0 Å². The van der Waals surface area contributed by atoms with Crippen LogP contribution in [-0.4, -0.2) is 38.5 Å². The second-order valence-electron chi connectivity index (χ2n) is 10.8. The molecule has 0 aliphatic rings. The molecule has 0 aliphatic heterocycles. The normalized spacial score (nSPS) is 15.8. The molecule has 4 aromatic carbocycles. The summed E-state index contributed by atoms with van der Waals surface area (Å²) in [5.74, 6) is -3.24. The number of ether oxygens (including phenoxy) is 4. The minimum absolute atomic E-state index is 0.411. The fraction of sp³-hybridized carbons (Fsp3) is 0.278. The molecule has 2 unspecified atom stereocenters. The molecule has 0 bridgehead atoms. The number of carbonyl (C=O) groups is 2. The van der Waals surface area contributed by atoms with Crippen molar-refractivity contribution in [2.24, 2.45) is 0 Å². The molecule has 254 valence electrons. The van der Waals surface area contributed by atoms with Gasteiger partial charge in [0, 0.05) is 25.3 Å². The Morgan fingerprint density at radius 2 is 0.792 bits per heavy atom. The second kappa shape index (κ2) is 14.2. The van der Waals surface area contributed by atoms with Crippen molar-refractivity contribution in [3.63, 3.8) is 0 Å². The average molecular weight is 675 g/mol. The first-order chi connectivity index (χ1) is 22.6. The van der Waals surface area contributed by atoms with Gasteiger partial charge in [0.2, 0.25) is 0 Å². The summed E-state index contributed by atoms with van der Waals surface area (Å²) in [4.78, 5) is 26.0. The van der Waals surface area contributed by atoms with Gasteiger partial charge >= 0.3 is 24.3 Å². The molecule has 12 heteroatoms. The highest BCUT2D eigenvalue weighted by atomic mass is 19.4. The summed E-state index contributed by atoms with van der Waals surface area (Å²) in [7, 11) is 1.58. The van der Waals surface area contributed by atoms with Gasteiger partial charge in [-0.25, -0.2) is 9.59 Å². The molecule has 0 aliphatic carbocycles. The van der Waals surface area contributed by atoms with Gasteiger partial charge in [-0.2, -0.15) is 26.3 Å². The van der Waals surface area contributed by atoms with E-state index in [2.05, 4.69) is 0 Å². The first-order valence-electron chi connectivity index (χ1n) is 14.6. The van der Waals surface area contributed by atoms with Crippen molar-refractivity contribution in [1.29, 1.82) is 0 Å². The maximum absolute atomic E-state index is 14.2. The van der Waals surface area contributed by atoms with Crippen molar-refractivity contribution in [2.45, 2.75) is 49.6 Å². The van der Waals surface area contributed by atoms with Crippen LogP contribution in [0.1, 0.15) is 48.3 Å². The maximum atomic E-state index is 14.2. The number of carbonyl (C=O) groups excluding carboxylic acids is 2. The Morgan fingerprint density at radius 1 is 0.500 bits per heavy atom. The molecule has 0 fully saturated rings. The van der Waals surface area contributed by atoms with Gasteiger partial charge in [-0.05, 0) is 36.1 Å². The number of halogens is 6. The number of esters is 2. The third-order valence-electron chi connectivity index (χ3n) is 8.01. The van der Waals surface area contributed by atoms with E-state index in [1.165, 1.54) is 50.2 Å². The van der Waals surface area contributed by atoms with Crippen molar-refractivity contribution in [2.75, 3.05) is 14.2 Å². The number of rotatable bonds is 11. The van der Waals surface area contributed by atoms with Crippen LogP contribution in [0.5, 0.6) is 0 Å². The highest BCUT2D eigenvalue weighted by Gasteiger charge is 2.65. The molecular formula is C36H32F6O6. The quantitative estimate of drug-likeness (QED) is 0.117. The van der Waals surface area contributed by atoms with E-state index in [1.807, 2.05) is 0 Å². The summed E-state index contributed by atoms with van der Waals surface area (Å²) >= 11 is 0. The Balaban J connectivity index is 1.48. The number of benzene rings is 4. The summed E-state index contributed by atoms with van der Waals surface area (Å²) in [6, 6.07) is 26.0. The molecule has 0 aromatic heterocycles. The average Bonchev–Trinajstić information content (AvgIpc) is 3.05. The summed E-state index contributed by atoms with van der Waals surface area (Å²) in [5, 5.41) is 0. The number of alkyl halides is 6. The summed E-state index contributed by atoms with van der Waals surface area (Å²) in [5.41, 5.74) is -5.31. The molecule has 0 heterocycles. The first kappa shape index (κ1) is 36.2. The highest BCUT2D eigenvalue weighted by molar-refractivity contribution is 5.83. The Labute approximate surface area is 273 Å². The second-order valence-corrected chi connectivity index (χ2v) is 10.8. The van der Waals surface area contributed by atoms with Gasteiger partial charge in [-0.15, -0.1) is 0 Å². The van der Waals surface area contributed by atoms with E-state index in [9.17, 15) is 35.9 Å². The van der Waals surface area contributed by atoms with Crippen LogP contribution in [0.25, 0.3) is 11.1 Å². The SMILES string of the molecule is COC(C(=O)O[C@H](C)c1ccc(-c2ccc([C@@H](C)OC(=O)C(OC)(c3ccccc3)C(F)(F)F)cc2)cc1)(c1ccccc1)C(F)(F)F. The molecule has 4 rings (SSSR count). The lowest BCUT2D eigenvalue weighted by molar-refractivity contribution is -0.279. The standard InChI is InChI=1S/C36H32F6O6/c1-23(47-31(43)33(45-3,35(37,38)39)29-11-7-5-8-12-29)25-15-19-27(20-16-25)28-21-17-26(18-22-28)24(2)48-32(44)34(46-4,36(40,41)42)30-13-9-6-10-14-30/h5-24H,1-4H3/t23-,24-,33?,34?/m1/s1. The largest absolute Gasteiger partial charge is 0.455 e. The van der Waals surface area contributed by atoms with Crippen LogP contribution < -0.4 is 0 Å². The van der Waals surface area contributed by atoms with Gasteiger partial charge < -0.3 is 18.9 Å². The van der Waals surface area contributed by atoms with Crippen LogP contribution in [0, 0.1) is 0 Å². The van der Waals surface area contributed by atoms with Crippen molar-refractivity contribution < 1.29 is 54.9 Å². The Bertz CT molecular complexity index is 1550. The van der Waals surface area contributed by atoms with Gasteiger partial charge in [-0.1, -0.05) is 109 Å². The smallest absolute Gasteiger partial charge is 0.432 e. The lowest BCUT2D eigenvalue weighted by Crippen LogP contribution is -2.51. The predicted octanol–water partition coefficient (Wildman–Crippen LogP) is 8.77. The van der Waals surface area contributed by atoms with Gasteiger partial charge in [0.1, 0.15) is 12.2 Å². The molecule has 0 amide bonds. The van der Waals surface area contributed by atoms with Crippen molar-refractivity contribution in [3.05, 3.63) is 131 Å². The van der Waals surface area contributed by atoms with Crippen LogP contribution >= 0.6 is 0 Å². The topological polar surface area (TPSA) is 71.1 Å². The first-order valence-corrected chi connectivity index (χ1v) is 14.6. The minimum Gasteiger partial charge on any atom is -0.455 e. The Hall–Kier alpha value is -4.68. The van der Waals surface area contributed by atoms with Crippen molar-refractivity contribution in [3.8, 4) is 11.1 Å². The van der Waals surface area contributed by atoms with Crippen LogP contribution in [0.15, 0.2) is 109 Å². The summed E-state index contributed by atoms with van der Waals surface area (Å²) < 4.78 is 105. The van der Waals surface area contributed by atoms with E-state index >= 15 is 0 Å². The van der Waals surface area contributed by atoms with E-state index in [0.717, 1.165) is 38.5 Å². The molecule has 4 aromatic rings. The maximum Gasteiger partial charge on any atom is 0.432 e. The third-order valence-corrected chi connectivity index (χ3v) is 8.01. The molecule has 0 saturated carbocycles. The fourth-order valence-corrected chi connectivity index (χ4v) is 5.29. The number of methoxy groups -OCH3 is 2. The summed E-state index contributed by atoms with van der Waals surface area (Å²) in [6.45, 7) is 2.86. The van der Waals surface area contributed by atoms with Crippen LogP contribution in [0.4, 0.5) is 26.3 Å². The molecule has 0 N–H and O–H groups in total.